The molecule has 1 N–H and O–H groups in total. The Morgan fingerprint density at radius 3 is 3.00 bits per heavy atom. The van der Waals surface area contributed by atoms with Crippen LogP contribution in [0.1, 0.15) is 24.3 Å². The predicted molar refractivity (Wildman–Crippen MR) is 75.0 cm³/mol. The van der Waals surface area contributed by atoms with Gasteiger partial charge in [-0.25, -0.2) is 9.78 Å². The van der Waals surface area contributed by atoms with Gasteiger partial charge < -0.3 is 18.8 Å². The molecule has 2 aromatic heterocycles. The lowest BCUT2D eigenvalue weighted by Gasteiger charge is -2.20. The molecule has 0 aliphatic carbocycles. The van der Waals surface area contributed by atoms with Gasteiger partial charge in [0.05, 0.1) is 18.4 Å². The smallest absolute Gasteiger partial charge is 0.326 e. The van der Waals surface area contributed by atoms with E-state index in [9.17, 15) is 9.59 Å². The monoisotopic (exact) mass is 304 g/mol. The normalized spacial score (nSPS) is 17.9. The number of carbonyl (C=O) groups excluding carboxylic acids is 1. The van der Waals surface area contributed by atoms with Crippen molar-refractivity contribution >= 4 is 11.9 Å². The number of amides is 1. The molecule has 0 saturated carbocycles. The number of carbonyl (C=O) groups is 2. The molecule has 0 aromatic carbocycles. The lowest BCUT2D eigenvalue weighted by atomic mass is 10.2. The van der Waals surface area contributed by atoms with Crippen LogP contribution in [0.2, 0.25) is 0 Å². The first-order valence-corrected chi connectivity index (χ1v) is 7.08. The lowest BCUT2D eigenvalue weighted by molar-refractivity contribution is -0.148. The standard InChI is InChI=1S/C15H16N2O5/c1-9-10(16-14(22-9)12-5-3-7-21-12)8-13(18)17-6-2-4-11(17)15(19)20/h3,5,7,11H,2,4,6,8H2,1H3,(H,19,20). The molecule has 1 atom stereocenters. The number of hydrogen-bond donors (Lipinski definition) is 1. The third kappa shape index (κ3) is 2.61. The Morgan fingerprint density at radius 1 is 1.50 bits per heavy atom. The molecule has 2 aromatic rings. The number of oxazole rings is 1. The van der Waals surface area contributed by atoms with Gasteiger partial charge in [0.2, 0.25) is 5.91 Å². The van der Waals surface area contributed by atoms with Gasteiger partial charge in [-0.2, -0.15) is 0 Å². The fraction of sp³-hybridized carbons (Fsp3) is 0.400. The second-order valence-electron chi connectivity index (χ2n) is 5.26. The van der Waals surface area contributed by atoms with Crippen molar-refractivity contribution in [2.75, 3.05) is 6.54 Å². The van der Waals surface area contributed by atoms with E-state index in [1.165, 1.54) is 11.2 Å². The summed E-state index contributed by atoms with van der Waals surface area (Å²) < 4.78 is 10.7. The van der Waals surface area contributed by atoms with E-state index < -0.39 is 12.0 Å². The van der Waals surface area contributed by atoms with Gasteiger partial charge in [0.25, 0.3) is 5.89 Å². The summed E-state index contributed by atoms with van der Waals surface area (Å²) in [5, 5.41) is 9.14. The Bertz CT molecular complexity index is 689. The third-order valence-corrected chi connectivity index (χ3v) is 3.80. The van der Waals surface area contributed by atoms with E-state index in [0.29, 0.717) is 42.5 Å². The zero-order valence-corrected chi connectivity index (χ0v) is 12.1. The van der Waals surface area contributed by atoms with Crippen LogP contribution in [-0.4, -0.2) is 39.5 Å². The van der Waals surface area contributed by atoms with Crippen molar-refractivity contribution in [3.63, 3.8) is 0 Å². The molecule has 1 fully saturated rings. The number of hydrogen-bond acceptors (Lipinski definition) is 5. The molecule has 1 aliphatic heterocycles. The number of carboxylic acid groups (broad SMARTS) is 1. The van der Waals surface area contributed by atoms with Gasteiger partial charge in [0.1, 0.15) is 11.8 Å². The maximum atomic E-state index is 12.3. The van der Waals surface area contributed by atoms with Crippen molar-refractivity contribution in [3.05, 3.63) is 29.9 Å². The topological polar surface area (TPSA) is 96.8 Å². The van der Waals surface area contributed by atoms with E-state index in [2.05, 4.69) is 4.98 Å². The maximum Gasteiger partial charge on any atom is 0.326 e. The van der Waals surface area contributed by atoms with Crippen LogP contribution >= 0.6 is 0 Å². The summed E-state index contributed by atoms with van der Waals surface area (Å²) in [4.78, 5) is 29.2. The first-order valence-electron chi connectivity index (χ1n) is 7.08. The largest absolute Gasteiger partial charge is 0.480 e. The van der Waals surface area contributed by atoms with Crippen LogP contribution < -0.4 is 0 Å². The summed E-state index contributed by atoms with van der Waals surface area (Å²) in [6.07, 6.45) is 2.75. The maximum absolute atomic E-state index is 12.3. The highest BCUT2D eigenvalue weighted by Gasteiger charge is 2.34. The number of likely N-dealkylation sites (tertiary alicyclic amines) is 1. The molecule has 1 saturated heterocycles. The van der Waals surface area contributed by atoms with E-state index in [0.717, 1.165) is 0 Å². The lowest BCUT2D eigenvalue weighted by Crippen LogP contribution is -2.41. The second-order valence-corrected chi connectivity index (χ2v) is 5.26. The Labute approximate surface area is 126 Å². The minimum absolute atomic E-state index is 0.0276. The van der Waals surface area contributed by atoms with E-state index >= 15 is 0 Å². The van der Waals surface area contributed by atoms with Gasteiger partial charge in [0.15, 0.2) is 5.76 Å². The molecular weight excluding hydrogens is 288 g/mol. The molecule has 116 valence electrons. The minimum atomic E-state index is -0.959. The van der Waals surface area contributed by atoms with Gasteiger partial charge in [-0.05, 0) is 31.9 Å². The first kappa shape index (κ1) is 14.4. The summed E-state index contributed by atoms with van der Waals surface area (Å²) in [7, 11) is 0. The van der Waals surface area contributed by atoms with Gasteiger partial charge in [-0.15, -0.1) is 0 Å². The van der Waals surface area contributed by atoms with Crippen molar-refractivity contribution in [1.82, 2.24) is 9.88 Å². The molecule has 1 amide bonds. The number of carboxylic acids is 1. The Morgan fingerprint density at radius 2 is 2.32 bits per heavy atom. The molecule has 1 unspecified atom stereocenters. The van der Waals surface area contributed by atoms with Gasteiger partial charge >= 0.3 is 5.97 Å². The van der Waals surface area contributed by atoms with Crippen molar-refractivity contribution in [2.24, 2.45) is 0 Å². The second kappa shape index (κ2) is 5.67. The Hall–Kier alpha value is -2.57. The van der Waals surface area contributed by atoms with Crippen LogP contribution in [0.5, 0.6) is 0 Å². The molecular formula is C15H16N2O5. The number of aliphatic carboxylic acids is 1. The van der Waals surface area contributed by atoms with Crippen molar-refractivity contribution in [2.45, 2.75) is 32.2 Å². The van der Waals surface area contributed by atoms with Crippen LogP contribution in [0.4, 0.5) is 0 Å². The van der Waals surface area contributed by atoms with E-state index in [-0.39, 0.29) is 12.3 Å². The molecule has 22 heavy (non-hydrogen) atoms. The first-order chi connectivity index (χ1) is 10.6. The van der Waals surface area contributed by atoms with E-state index in [1.807, 2.05) is 0 Å². The summed E-state index contributed by atoms with van der Waals surface area (Å²) >= 11 is 0. The zero-order chi connectivity index (χ0) is 15.7. The molecule has 7 nitrogen and oxygen atoms in total. The van der Waals surface area contributed by atoms with Crippen LogP contribution in [0, 0.1) is 6.92 Å². The number of furan rings is 1. The molecule has 0 bridgehead atoms. The molecule has 3 rings (SSSR count). The molecule has 0 spiro atoms. The molecule has 1 aliphatic rings. The SMILES string of the molecule is Cc1oc(-c2ccco2)nc1CC(=O)N1CCCC1C(=O)O. The fourth-order valence-corrected chi connectivity index (χ4v) is 2.66. The number of nitrogens with zero attached hydrogens (tertiary/aromatic N) is 2. The predicted octanol–water partition coefficient (Wildman–Crippen LogP) is 1.86. The molecule has 3 heterocycles. The Kier molecular flexibility index (Phi) is 3.70. The average molecular weight is 304 g/mol. The highest BCUT2D eigenvalue weighted by Crippen LogP contribution is 2.24. The van der Waals surface area contributed by atoms with Crippen LogP contribution in [0.3, 0.4) is 0 Å². The number of rotatable bonds is 4. The highest BCUT2D eigenvalue weighted by molar-refractivity contribution is 5.85. The highest BCUT2D eigenvalue weighted by atomic mass is 16.4. The van der Waals surface area contributed by atoms with Crippen molar-refractivity contribution in [1.29, 1.82) is 0 Å². The minimum Gasteiger partial charge on any atom is -0.480 e. The van der Waals surface area contributed by atoms with Crippen LogP contribution in [-0.2, 0) is 16.0 Å². The van der Waals surface area contributed by atoms with Crippen LogP contribution in [0.25, 0.3) is 11.7 Å². The average Bonchev–Trinajstić information content (AvgIpc) is 3.18. The number of aromatic nitrogens is 1. The summed E-state index contributed by atoms with van der Waals surface area (Å²) in [5.41, 5.74) is 0.507. The quantitative estimate of drug-likeness (QED) is 0.926. The van der Waals surface area contributed by atoms with Gasteiger partial charge in [-0.1, -0.05) is 0 Å². The summed E-state index contributed by atoms with van der Waals surface area (Å²) in [5.74, 6) is 0.144. The van der Waals surface area contributed by atoms with Crippen molar-refractivity contribution in [3.8, 4) is 11.7 Å². The van der Waals surface area contributed by atoms with Crippen LogP contribution in [0.15, 0.2) is 27.2 Å². The zero-order valence-electron chi connectivity index (χ0n) is 12.1. The third-order valence-electron chi connectivity index (χ3n) is 3.80. The molecule has 0 radical (unpaired) electrons. The number of aryl methyl sites for hydroxylation is 1. The Balaban J connectivity index is 1.76. The van der Waals surface area contributed by atoms with Crippen molar-refractivity contribution < 1.29 is 23.5 Å². The van der Waals surface area contributed by atoms with Gasteiger partial charge in [0, 0.05) is 6.54 Å². The van der Waals surface area contributed by atoms with E-state index in [1.54, 1.807) is 19.1 Å². The van der Waals surface area contributed by atoms with E-state index in [4.69, 9.17) is 13.9 Å². The van der Waals surface area contributed by atoms with Gasteiger partial charge in [-0.3, -0.25) is 4.79 Å². The summed E-state index contributed by atoms with van der Waals surface area (Å²) in [6, 6.07) is 2.71. The summed E-state index contributed by atoms with van der Waals surface area (Å²) in [6.45, 7) is 2.19. The fourth-order valence-electron chi connectivity index (χ4n) is 2.66. The molecule has 7 heteroatoms.